The van der Waals surface area contributed by atoms with Crippen LogP contribution in [0.25, 0.3) is 0 Å². The minimum atomic E-state index is -0.567. The van der Waals surface area contributed by atoms with Gasteiger partial charge in [-0.25, -0.2) is 4.98 Å². The molecule has 0 spiro atoms. The third kappa shape index (κ3) is 6.16. The molecule has 0 saturated carbocycles. The van der Waals surface area contributed by atoms with E-state index < -0.39 is 17.6 Å². The molecule has 3 heterocycles. The molecule has 192 valence electrons. The number of nitrogens with zero attached hydrogens (tertiary/aromatic N) is 2. The number of ether oxygens (including phenoxy) is 4. The third-order valence-corrected chi connectivity index (χ3v) is 6.79. The van der Waals surface area contributed by atoms with Crippen molar-refractivity contribution in [2.75, 3.05) is 71.4 Å². The Balaban J connectivity index is 1.75. The number of nitrogens with one attached hydrogen (secondary N) is 1. The Labute approximate surface area is 200 Å². The highest BCUT2D eigenvalue weighted by atomic mass is 19.1. The minimum absolute atomic E-state index is 0.0457. The summed E-state index contributed by atoms with van der Waals surface area (Å²) in [7, 11) is 1.68. The summed E-state index contributed by atoms with van der Waals surface area (Å²) >= 11 is 0. The number of alkyl halides is 1. The average molecular weight is 484 g/mol. The van der Waals surface area contributed by atoms with Gasteiger partial charge >= 0.3 is 0 Å². The minimum Gasteiger partial charge on any atom is -0.475 e. The molecular weight excluding hydrogens is 445 g/mol. The van der Waals surface area contributed by atoms with E-state index in [9.17, 15) is 14.3 Å². The lowest BCUT2D eigenvalue weighted by Crippen LogP contribution is -2.53. The van der Waals surface area contributed by atoms with E-state index in [-0.39, 0.29) is 30.9 Å². The van der Waals surface area contributed by atoms with E-state index in [1.807, 2.05) is 19.9 Å². The molecule has 10 heteroatoms. The Bertz CT molecular complexity index is 791. The smallest absolute Gasteiger partial charge is 0.270 e. The monoisotopic (exact) mass is 483 g/mol. The molecule has 2 aliphatic rings. The van der Waals surface area contributed by atoms with Crippen LogP contribution in [-0.2, 0) is 14.2 Å². The van der Waals surface area contributed by atoms with Crippen LogP contribution in [0.3, 0.4) is 0 Å². The Hall–Kier alpha value is -2.01. The number of carbonyl (C=O) groups is 1. The Kier molecular flexibility index (Phi) is 9.47. The molecule has 0 aromatic carbocycles. The molecule has 2 fully saturated rings. The number of methoxy groups -OCH3 is 1. The summed E-state index contributed by atoms with van der Waals surface area (Å²) in [5.41, 5.74) is 0.00497. The molecule has 0 atom stereocenters. The van der Waals surface area contributed by atoms with Crippen LogP contribution in [0, 0.1) is 5.41 Å². The summed E-state index contributed by atoms with van der Waals surface area (Å²) in [5.74, 6) is 0.0242. The molecule has 2 N–H and O–H groups in total. The van der Waals surface area contributed by atoms with Gasteiger partial charge in [-0.1, -0.05) is 13.8 Å². The number of halogens is 1. The highest BCUT2D eigenvalue weighted by molar-refractivity contribution is 5.93. The van der Waals surface area contributed by atoms with Crippen LogP contribution in [0.15, 0.2) is 12.1 Å². The maximum absolute atomic E-state index is 13.2. The summed E-state index contributed by atoms with van der Waals surface area (Å²) < 4.78 is 34.7. The molecule has 9 nitrogen and oxygen atoms in total. The molecule has 1 aromatic heterocycles. The number of aliphatic hydroxyl groups excluding tert-OH is 1. The van der Waals surface area contributed by atoms with Crippen molar-refractivity contribution >= 4 is 11.6 Å². The summed E-state index contributed by atoms with van der Waals surface area (Å²) in [4.78, 5) is 19.8. The number of hydrogen-bond donors (Lipinski definition) is 2. The van der Waals surface area contributed by atoms with E-state index >= 15 is 0 Å². The van der Waals surface area contributed by atoms with E-state index in [0.717, 1.165) is 5.69 Å². The van der Waals surface area contributed by atoms with Crippen molar-refractivity contribution in [1.82, 2.24) is 10.3 Å². The topological polar surface area (TPSA) is 102 Å². The van der Waals surface area contributed by atoms with Crippen molar-refractivity contribution in [2.45, 2.75) is 44.8 Å². The zero-order valence-corrected chi connectivity index (χ0v) is 20.5. The fraction of sp³-hybridized carbons (Fsp3) is 0.750. The summed E-state index contributed by atoms with van der Waals surface area (Å²) in [6.45, 7) is 6.62. The second-order valence-corrected chi connectivity index (χ2v) is 9.26. The van der Waals surface area contributed by atoms with Gasteiger partial charge < -0.3 is 34.3 Å². The summed E-state index contributed by atoms with van der Waals surface area (Å²) in [6, 6.07) is 3.52. The number of pyridine rings is 1. The lowest BCUT2D eigenvalue weighted by molar-refractivity contribution is -0.153. The van der Waals surface area contributed by atoms with Crippen LogP contribution in [-0.4, -0.2) is 94.2 Å². The van der Waals surface area contributed by atoms with Gasteiger partial charge in [0.05, 0.1) is 50.2 Å². The van der Waals surface area contributed by atoms with Gasteiger partial charge in [0.15, 0.2) is 0 Å². The van der Waals surface area contributed by atoms with Gasteiger partial charge in [0.25, 0.3) is 5.91 Å². The van der Waals surface area contributed by atoms with Gasteiger partial charge in [-0.05, 0) is 31.4 Å². The first-order valence-electron chi connectivity index (χ1n) is 12.0. The van der Waals surface area contributed by atoms with Crippen LogP contribution in [0.2, 0.25) is 0 Å². The maximum atomic E-state index is 13.2. The zero-order chi connectivity index (χ0) is 24.6. The van der Waals surface area contributed by atoms with E-state index in [1.165, 1.54) is 0 Å². The predicted octanol–water partition coefficient (Wildman–Crippen LogP) is 1.97. The SMILES string of the molecule is CCC(CC)(COCCCF)NC(=O)c1ccc(N2CC(OC)C2)c(OCC2(CO)COC2)n1. The fourth-order valence-corrected chi connectivity index (χ4v) is 3.92. The number of aromatic nitrogens is 1. The van der Waals surface area contributed by atoms with E-state index in [2.05, 4.69) is 15.2 Å². The molecule has 1 aromatic rings. The van der Waals surface area contributed by atoms with E-state index in [4.69, 9.17) is 18.9 Å². The van der Waals surface area contributed by atoms with Gasteiger partial charge in [0, 0.05) is 26.8 Å². The number of hydrogen-bond acceptors (Lipinski definition) is 8. The van der Waals surface area contributed by atoms with E-state index in [1.54, 1.807) is 13.2 Å². The molecule has 0 bridgehead atoms. The Morgan fingerprint density at radius 1 is 1.35 bits per heavy atom. The van der Waals surface area contributed by atoms with Crippen LogP contribution in [0.5, 0.6) is 5.88 Å². The first kappa shape index (κ1) is 26.6. The van der Waals surface area contributed by atoms with Gasteiger partial charge in [0.1, 0.15) is 18.0 Å². The van der Waals surface area contributed by atoms with Crippen LogP contribution >= 0.6 is 0 Å². The molecule has 1 amide bonds. The van der Waals surface area contributed by atoms with Crippen LogP contribution in [0.1, 0.15) is 43.6 Å². The van der Waals surface area contributed by atoms with Crippen molar-refractivity contribution in [3.05, 3.63) is 17.8 Å². The van der Waals surface area contributed by atoms with Crippen molar-refractivity contribution in [3.63, 3.8) is 0 Å². The standard InChI is InChI=1S/C24H38FN3O6/c1-4-24(5-2,17-32-10-6-9-25)27-21(30)19-7-8-20(28-11-18(12-28)31-3)22(26-19)34-16-23(13-29)14-33-15-23/h7-8,18,29H,4-6,9-17H2,1-3H3,(H,27,30). The highest BCUT2D eigenvalue weighted by Crippen LogP contribution is 2.34. The number of carbonyl (C=O) groups excluding carboxylic acids is 1. The molecule has 3 rings (SSSR count). The molecule has 0 aliphatic carbocycles. The quantitative estimate of drug-likeness (QED) is 0.365. The second kappa shape index (κ2) is 12.1. The van der Waals surface area contributed by atoms with Crippen LogP contribution < -0.4 is 15.0 Å². The molecule has 0 unspecified atom stereocenters. The lowest BCUT2D eigenvalue weighted by Gasteiger charge is -2.41. The summed E-state index contributed by atoms with van der Waals surface area (Å²) in [5, 5.41) is 12.8. The molecule has 34 heavy (non-hydrogen) atoms. The fourth-order valence-electron chi connectivity index (χ4n) is 3.92. The first-order valence-corrected chi connectivity index (χ1v) is 12.0. The first-order chi connectivity index (χ1) is 16.4. The highest BCUT2D eigenvalue weighted by Gasteiger charge is 2.40. The second-order valence-electron chi connectivity index (χ2n) is 9.26. The Morgan fingerprint density at radius 2 is 2.09 bits per heavy atom. The average Bonchev–Trinajstić information content (AvgIpc) is 2.80. The van der Waals surface area contributed by atoms with Crippen molar-refractivity contribution in [2.24, 2.45) is 5.41 Å². The van der Waals surface area contributed by atoms with Gasteiger partial charge in [-0.3, -0.25) is 9.18 Å². The largest absolute Gasteiger partial charge is 0.475 e. The normalized spacial score (nSPS) is 17.7. The van der Waals surface area contributed by atoms with Crippen LogP contribution in [0.4, 0.5) is 10.1 Å². The van der Waals surface area contributed by atoms with Gasteiger partial charge in [-0.2, -0.15) is 0 Å². The summed E-state index contributed by atoms with van der Waals surface area (Å²) in [6.07, 6.45) is 1.81. The maximum Gasteiger partial charge on any atom is 0.270 e. The number of anilines is 1. The third-order valence-electron chi connectivity index (χ3n) is 6.79. The van der Waals surface area contributed by atoms with Crippen molar-refractivity contribution < 1.29 is 33.2 Å². The zero-order valence-electron chi connectivity index (χ0n) is 20.5. The number of aliphatic hydroxyl groups is 1. The van der Waals surface area contributed by atoms with Crippen molar-refractivity contribution in [1.29, 1.82) is 0 Å². The van der Waals surface area contributed by atoms with Gasteiger partial charge in [0.2, 0.25) is 5.88 Å². The molecule has 0 radical (unpaired) electrons. The van der Waals surface area contributed by atoms with E-state index in [0.29, 0.717) is 64.7 Å². The Morgan fingerprint density at radius 3 is 2.65 bits per heavy atom. The number of rotatable bonds is 15. The molecule has 2 saturated heterocycles. The molecule has 2 aliphatic heterocycles. The number of amides is 1. The van der Waals surface area contributed by atoms with Gasteiger partial charge in [-0.15, -0.1) is 0 Å². The molecular formula is C24H38FN3O6. The lowest BCUT2D eigenvalue weighted by atomic mass is 9.88. The van der Waals surface area contributed by atoms with Crippen molar-refractivity contribution in [3.8, 4) is 5.88 Å². The predicted molar refractivity (Wildman–Crippen MR) is 125 cm³/mol.